The number of hydrogen-bond donors (Lipinski definition) is 1. The number of rotatable bonds is 9. The van der Waals surface area contributed by atoms with E-state index in [1.807, 2.05) is 24.3 Å². The number of ether oxygens (including phenoxy) is 2. The third kappa shape index (κ3) is 4.36. The summed E-state index contributed by atoms with van der Waals surface area (Å²) in [7, 11) is 1.52. The minimum Gasteiger partial charge on any atom is -0.493 e. The summed E-state index contributed by atoms with van der Waals surface area (Å²) >= 11 is 0. The van der Waals surface area contributed by atoms with E-state index in [4.69, 9.17) is 9.47 Å². The van der Waals surface area contributed by atoms with Crippen molar-refractivity contribution in [2.75, 3.05) is 13.7 Å². The Bertz CT molecular complexity index is 898. The maximum absolute atomic E-state index is 14.1. The van der Waals surface area contributed by atoms with E-state index >= 15 is 0 Å². The topological polar surface area (TPSA) is 68.7 Å². The zero-order valence-electron chi connectivity index (χ0n) is 16.7. The number of methoxy groups -OCH3 is 1. The number of carboxylic acid groups (broad SMARTS) is 1. The van der Waals surface area contributed by atoms with E-state index < -0.39 is 11.9 Å². The van der Waals surface area contributed by atoms with Crippen LogP contribution in [0.25, 0.3) is 0 Å². The van der Waals surface area contributed by atoms with Gasteiger partial charge in [-0.05, 0) is 60.3 Å². The van der Waals surface area contributed by atoms with Crippen molar-refractivity contribution in [1.29, 1.82) is 0 Å². The maximum Gasteiger partial charge on any atom is 0.306 e. The molecule has 0 spiro atoms. The first-order valence-electron chi connectivity index (χ1n) is 10.1. The molecule has 0 radical (unpaired) electrons. The van der Waals surface area contributed by atoms with E-state index in [-0.39, 0.29) is 23.6 Å². The molecule has 29 heavy (non-hydrogen) atoms. The van der Waals surface area contributed by atoms with Crippen LogP contribution in [-0.2, 0) is 4.79 Å². The van der Waals surface area contributed by atoms with Crippen LogP contribution in [-0.4, -0.2) is 29.8 Å². The van der Waals surface area contributed by atoms with Gasteiger partial charge < -0.3 is 14.6 Å². The first-order chi connectivity index (χ1) is 14.0. The van der Waals surface area contributed by atoms with Gasteiger partial charge in [-0.3, -0.25) is 4.79 Å². The molecule has 154 valence electrons. The van der Waals surface area contributed by atoms with E-state index in [9.17, 15) is 14.3 Å². The number of aliphatic carboxylic acids is 1. The summed E-state index contributed by atoms with van der Waals surface area (Å²) in [6.45, 7) is 2.28. The summed E-state index contributed by atoms with van der Waals surface area (Å²) in [6.07, 6.45) is 4.23. The Balaban J connectivity index is 1.40. The number of benzene rings is 1. The second kappa shape index (κ2) is 8.01. The summed E-state index contributed by atoms with van der Waals surface area (Å²) in [5.74, 6) is 0.480. The monoisotopic (exact) mass is 399 g/mol. The molecule has 0 bridgehead atoms. The molecule has 1 aromatic heterocycles. The number of hydrogen-bond acceptors (Lipinski definition) is 4. The van der Waals surface area contributed by atoms with Crippen molar-refractivity contribution in [2.24, 2.45) is 17.8 Å². The van der Waals surface area contributed by atoms with Gasteiger partial charge in [0.15, 0.2) is 0 Å². The molecule has 4 atom stereocenters. The van der Waals surface area contributed by atoms with Crippen LogP contribution < -0.4 is 9.47 Å². The van der Waals surface area contributed by atoms with Crippen LogP contribution in [0.2, 0.25) is 0 Å². The van der Waals surface area contributed by atoms with Gasteiger partial charge in [-0.25, -0.2) is 9.37 Å². The molecule has 6 heteroatoms. The fourth-order valence-corrected chi connectivity index (χ4v) is 4.24. The van der Waals surface area contributed by atoms with E-state index in [1.165, 1.54) is 13.3 Å². The molecule has 5 nitrogen and oxygen atoms in total. The Morgan fingerprint density at radius 2 is 2.14 bits per heavy atom. The van der Waals surface area contributed by atoms with Crippen molar-refractivity contribution in [1.82, 2.24) is 4.98 Å². The van der Waals surface area contributed by atoms with Crippen LogP contribution >= 0.6 is 0 Å². The zero-order valence-corrected chi connectivity index (χ0v) is 16.7. The van der Waals surface area contributed by atoms with E-state index in [2.05, 4.69) is 4.98 Å². The SMILES string of the molecule is COc1cc([C@@H]2C[C@H]2COc2cccc(C(C3CC3)C(C)C(=O)O)c2)c(F)cn1. The van der Waals surface area contributed by atoms with Gasteiger partial charge in [0.05, 0.1) is 25.8 Å². The lowest BCUT2D eigenvalue weighted by atomic mass is 9.83. The molecule has 1 heterocycles. The number of nitrogens with zero attached hydrogens (tertiary/aromatic N) is 1. The summed E-state index contributed by atoms with van der Waals surface area (Å²) in [5.41, 5.74) is 1.65. The lowest BCUT2D eigenvalue weighted by molar-refractivity contribution is -0.142. The molecule has 1 aromatic carbocycles. The van der Waals surface area contributed by atoms with Crippen molar-refractivity contribution in [2.45, 2.75) is 38.0 Å². The smallest absolute Gasteiger partial charge is 0.306 e. The molecule has 2 aliphatic carbocycles. The predicted molar refractivity (Wildman–Crippen MR) is 106 cm³/mol. The highest BCUT2D eigenvalue weighted by Crippen LogP contribution is 2.49. The average molecular weight is 399 g/mol. The largest absolute Gasteiger partial charge is 0.493 e. The normalized spacial score (nSPS) is 22.6. The van der Waals surface area contributed by atoms with Crippen molar-refractivity contribution < 1.29 is 23.8 Å². The fraction of sp³-hybridized carbons (Fsp3) is 0.478. The zero-order chi connectivity index (χ0) is 20.5. The summed E-state index contributed by atoms with van der Waals surface area (Å²) < 4.78 is 25.2. The minimum absolute atomic E-state index is 0.0168. The minimum atomic E-state index is -0.760. The van der Waals surface area contributed by atoms with Crippen molar-refractivity contribution in [3.63, 3.8) is 0 Å². The van der Waals surface area contributed by atoms with Crippen LogP contribution in [0.5, 0.6) is 11.6 Å². The quantitative estimate of drug-likeness (QED) is 0.666. The van der Waals surface area contributed by atoms with Crippen molar-refractivity contribution >= 4 is 5.97 Å². The molecule has 2 aromatic rings. The molecule has 0 aliphatic heterocycles. The maximum atomic E-state index is 14.1. The Morgan fingerprint density at radius 3 is 2.83 bits per heavy atom. The third-order valence-corrected chi connectivity index (χ3v) is 6.16. The van der Waals surface area contributed by atoms with Crippen LogP contribution in [0.4, 0.5) is 4.39 Å². The highest BCUT2D eigenvalue weighted by atomic mass is 19.1. The third-order valence-electron chi connectivity index (χ3n) is 6.16. The van der Waals surface area contributed by atoms with Crippen LogP contribution in [0.3, 0.4) is 0 Å². The Labute approximate surface area is 169 Å². The second-order valence-corrected chi connectivity index (χ2v) is 8.22. The lowest BCUT2D eigenvalue weighted by Gasteiger charge is -2.21. The molecule has 0 saturated heterocycles. The van der Waals surface area contributed by atoms with Gasteiger partial charge in [-0.1, -0.05) is 19.1 Å². The van der Waals surface area contributed by atoms with Gasteiger partial charge in [0.2, 0.25) is 5.88 Å². The molecular formula is C23H26FNO4. The van der Waals surface area contributed by atoms with E-state index in [1.54, 1.807) is 13.0 Å². The lowest BCUT2D eigenvalue weighted by Crippen LogP contribution is -2.20. The molecule has 1 N–H and O–H groups in total. The summed E-state index contributed by atoms with van der Waals surface area (Å²) in [6, 6.07) is 9.44. The van der Waals surface area contributed by atoms with Gasteiger partial charge in [0.25, 0.3) is 0 Å². The number of carboxylic acids is 1. The van der Waals surface area contributed by atoms with E-state index in [0.717, 1.165) is 30.6 Å². The van der Waals surface area contributed by atoms with Gasteiger partial charge in [0, 0.05) is 12.0 Å². The molecule has 2 saturated carbocycles. The van der Waals surface area contributed by atoms with Gasteiger partial charge >= 0.3 is 5.97 Å². The number of halogens is 1. The first kappa shape index (κ1) is 19.7. The van der Waals surface area contributed by atoms with Crippen LogP contribution in [0.1, 0.15) is 49.1 Å². The summed E-state index contributed by atoms with van der Waals surface area (Å²) in [5, 5.41) is 9.47. The molecule has 2 fully saturated rings. The molecule has 4 rings (SSSR count). The molecule has 0 amide bonds. The Hall–Kier alpha value is -2.63. The fourth-order valence-electron chi connectivity index (χ4n) is 4.24. The predicted octanol–water partition coefficient (Wildman–Crippen LogP) is 4.63. The Morgan fingerprint density at radius 1 is 1.34 bits per heavy atom. The van der Waals surface area contributed by atoms with Crippen LogP contribution in [0, 0.1) is 23.6 Å². The molecule has 2 aliphatic rings. The van der Waals surface area contributed by atoms with E-state index in [0.29, 0.717) is 24.0 Å². The van der Waals surface area contributed by atoms with Gasteiger partial charge in [-0.15, -0.1) is 0 Å². The standard InChI is InChI=1S/C23H26FNO4/c1-13(23(26)27)22(14-6-7-14)15-4-3-5-17(8-15)29-12-16-9-18(16)19-10-21(28-2)25-11-20(19)24/h3-5,8,10-11,13-14,16,18,22H,6-7,9,12H2,1-2H3,(H,26,27)/t13?,16-,18+,22?/m0/s1. The number of carbonyl (C=O) groups is 1. The average Bonchev–Trinajstić information content (AvgIpc) is 3.63. The highest BCUT2D eigenvalue weighted by Gasteiger charge is 2.41. The second-order valence-electron chi connectivity index (χ2n) is 8.22. The van der Waals surface area contributed by atoms with Gasteiger partial charge in [0.1, 0.15) is 11.6 Å². The number of pyridine rings is 1. The molecular weight excluding hydrogens is 373 g/mol. The number of aromatic nitrogens is 1. The van der Waals surface area contributed by atoms with Crippen LogP contribution in [0.15, 0.2) is 36.5 Å². The first-order valence-corrected chi connectivity index (χ1v) is 10.1. The van der Waals surface area contributed by atoms with Gasteiger partial charge in [-0.2, -0.15) is 0 Å². The van der Waals surface area contributed by atoms with Crippen molar-refractivity contribution in [3.05, 3.63) is 53.5 Å². The molecule has 2 unspecified atom stereocenters. The Kier molecular flexibility index (Phi) is 5.43. The highest BCUT2D eigenvalue weighted by molar-refractivity contribution is 5.71. The summed E-state index contributed by atoms with van der Waals surface area (Å²) in [4.78, 5) is 15.4. The van der Waals surface area contributed by atoms with Crippen molar-refractivity contribution in [3.8, 4) is 11.6 Å².